The summed E-state index contributed by atoms with van der Waals surface area (Å²) >= 11 is 0. The van der Waals surface area contributed by atoms with Crippen molar-refractivity contribution in [3.63, 3.8) is 0 Å². The lowest BCUT2D eigenvalue weighted by Crippen LogP contribution is -2.12. The minimum absolute atomic E-state index is 0.227. The summed E-state index contributed by atoms with van der Waals surface area (Å²) in [4.78, 5) is 40.2. The topological polar surface area (TPSA) is 116 Å². The van der Waals surface area contributed by atoms with E-state index in [2.05, 4.69) is 30.6 Å². The zero-order valence-electron chi connectivity index (χ0n) is 18.9. The number of amides is 2. The molecule has 8 heteroatoms. The average Bonchev–Trinajstić information content (AvgIpc) is 3.51. The number of carbonyl (C=O) groups excluding carboxylic acids is 2. The van der Waals surface area contributed by atoms with Gasteiger partial charge in [0.1, 0.15) is 0 Å². The Balaban J connectivity index is 1.24. The average molecular weight is 473 g/mol. The van der Waals surface area contributed by atoms with Gasteiger partial charge in [0, 0.05) is 11.1 Å². The van der Waals surface area contributed by atoms with Crippen molar-refractivity contribution in [3.8, 4) is 11.1 Å². The van der Waals surface area contributed by atoms with Gasteiger partial charge in [-0.25, -0.2) is 9.97 Å². The van der Waals surface area contributed by atoms with E-state index in [0.29, 0.717) is 23.0 Å². The fraction of sp³-hybridized carbons (Fsp3) is 0. The molecule has 0 bridgehead atoms. The Labute approximate surface area is 205 Å². The number of benzene rings is 4. The smallest absolute Gasteiger partial charge is 0.257 e. The van der Waals surface area contributed by atoms with Gasteiger partial charge in [-0.1, -0.05) is 48.5 Å². The van der Waals surface area contributed by atoms with Gasteiger partial charge in [-0.15, -0.1) is 0 Å². The summed E-state index contributed by atoms with van der Waals surface area (Å²) in [7, 11) is 0. The van der Waals surface area contributed by atoms with Crippen LogP contribution in [-0.4, -0.2) is 31.8 Å². The van der Waals surface area contributed by atoms with E-state index in [0.717, 1.165) is 33.2 Å². The Morgan fingerprint density at radius 3 is 1.39 bits per heavy atom. The van der Waals surface area contributed by atoms with Crippen molar-refractivity contribution < 1.29 is 9.59 Å². The number of rotatable bonds is 5. The van der Waals surface area contributed by atoms with Gasteiger partial charge in [0.2, 0.25) is 11.9 Å². The zero-order chi connectivity index (χ0) is 24.5. The Hall–Kier alpha value is -5.24. The third-order valence-electron chi connectivity index (χ3n) is 5.83. The molecular weight excluding hydrogens is 452 g/mol. The van der Waals surface area contributed by atoms with Gasteiger partial charge in [-0.3, -0.25) is 20.2 Å². The van der Waals surface area contributed by atoms with E-state index in [1.54, 1.807) is 24.3 Å². The van der Waals surface area contributed by atoms with Gasteiger partial charge < -0.3 is 9.97 Å². The van der Waals surface area contributed by atoms with Crippen LogP contribution >= 0.6 is 0 Å². The molecule has 2 heterocycles. The molecule has 0 atom stereocenters. The Morgan fingerprint density at radius 1 is 0.556 bits per heavy atom. The number of nitrogens with one attached hydrogen (secondary N) is 4. The standard InChI is InChI=1S/C28H20N6O2/c35-25(17-7-3-1-4-8-17)33-27-29-21-13-11-19(15-23(21)31-27)20-12-14-22-24(16-20)32-28(30-22)34-26(36)18-9-5-2-6-10-18/h1-16H,(H2,29,31,33,35)(H2,30,32,34,36). The molecule has 0 unspecified atom stereocenters. The number of hydrogen-bond donors (Lipinski definition) is 4. The second-order valence-corrected chi connectivity index (χ2v) is 8.27. The molecule has 36 heavy (non-hydrogen) atoms. The van der Waals surface area contributed by atoms with Crippen molar-refractivity contribution >= 4 is 45.8 Å². The Bertz CT molecular complexity index is 1590. The molecule has 2 amide bonds. The van der Waals surface area contributed by atoms with Crippen molar-refractivity contribution in [2.75, 3.05) is 10.6 Å². The Kier molecular flexibility index (Phi) is 5.23. The third kappa shape index (κ3) is 4.19. The minimum Gasteiger partial charge on any atom is -0.324 e. The number of H-pyrrole nitrogens is 2. The molecule has 0 spiro atoms. The van der Waals surface area contributed by atoms with Crippen molar-refractivity contribution in [1.82, 2.24) is 19.9 Å². The molecule has 0 saturated carbocycles. The highest BCUT2D eigenvalue weighted by atomic mass is 16.2. The number of nitrogens with zero attached hydrogens (tertiary/aromatic N) is 2. The first kappa shape index (κ1) is 21.3. The largest absolute Gasteiger partial charge is 0.324 e. The molecule has 0 aliphatic rings. The molecule has 174 valence electrons. The van der Waals surface area contributed by atoms with Crippen LogP contribution in [0.15, 0.2) is 97.1 Å². The molecule has 2 aromatic heterocycles. The second-order valence-electron chi connectivity index (χ2n) is 8.27. The summed E-state index contributed by atoms with van der Waals surface area (Å²) < 4.78 is 0. The lowest BCUT2D eigenvalue weighted by Gasteiger charge is -2.02. The van der Waals surface area contributed by atoms with Crippen LogP contribution in [0.2, 0.25) is 0 Å². The van der Waals surface area contributed by atoms with Gasteiger partial charge in [-0.05, 0) is 59.7 Å². The van der Waals surface area contributed by atoms with Gasteiger partial charge >= 0.3 is 0 Å². The molecule has 4 aromatic carbocycles. The quantitative estimate of drug-likeness (QED) is 0.261. The molecule has 6 aromatic rings. The summed E-state index contributed by atoms with van der Waals surface area (Å²) in [6.07, 6.45) is 0. The van der Waals surface area contributed by atoms with Crippen LogP contribution in [0.1, 0.15) is 20.7 Å². The van der Waals surface area contributed by atoms with Gasteiger partial charge in [0.05, 0.1) is 22.1 Å². The lowest BCUT2D eigenvalue weighted by atomic mass is 10.0. The number of aromatic amines is 2. The van der Waals surface area contributed by atoms with E-state index >= 15 is 0 Å². The summed E-state index contributed by atoms with van der Waals surface area (Å²) in [6, 6.07) is 29.7. The highest BCUT2D eigenvalue weighted by Crippen LogP contribution is 2.27. The first-order chi connectivity index (χ1) is 17.6. The molecule has 0 aliphatic carbocycles. The lowest BCUT2D eigenvalue weighted by molar-refractivity contribution is 0.101. The maximum absolute atomic E-state index is 12.4. The first-order valence-corrected chi connectivity index (χ1v) is 11.4. The van der Waals surface area contributed by atoms with E-state index < -0.39 is 0 Å². The molecule has 8 nitrogen and oxygen atoms in total. The summed E-state index contributed by atoms with van der Waals surface area (Å²) in [5.41, 5.74) is 6.16. The van der Waals surface area contributed by atoms with E-state index in [-0.39, 0.29) is 11.8 Å². The maximum Gasteiger partial charge on any atom is 0.257 e. The second kappa shape index (κ2) is 8.84. The van der Waals surface area contributed by atoms with E-state index in [4.69, 9.17) is 0 Å². The molecule has 0 saturated heterocycles. The van der Waals surface area contributed by atoms with Crippen LogP contribution in [-0.2, 0) is 0 Å². The maximum atomic E-state index is 12.4. The van der Waals surface area contributed by atoms with Crippen LogP contribution in [0.4, 0.5) is 11.9 Å². The minimum atomic E-state index is -0.227. The number of imidazole rings is 2. The number of carbonyl (C=O) groups is 2. The van der Waals surface area contributed by atoms with E-state index in [1.807, 2.05) is 72.8 Å². The third-order valence-corrected chi connectivity index (χ3v) is 5.83. The summed E-state index contributed by atoms with van der Waals surface area (Å²) in [6.45, 7) is 0. The van der Waals surface area contributed by atoms with Gasteiger partial charge in [0.15, 0.2) is 0 Å². The summed E-state index contributed by atoms with van der Waals surface area (Å²) in [5.74, 6) is 0.321. The number of aromatic nitrogens is 4. The van der Waals surface area contributed by atoms with Crippen LogP contribution in [0.25, 0.3) is 33.2 Å². The molecule has 0 radical (unpaired) electrons. The van der Waals surface area contributed by atoms with Crippen molar-refractivity contribution in [2.45, 2.75) is 0 Å². The van der Waals surface area contributed by atoms with Crippen molar-refractivity contribution in [3.05, 3.63) is 108 Å². The van der Waals surface area contributed by atoms with Crippen LogP contribution < -0.4 is 10.6 Å². The molecule has 0 fully saturated rings. The van der Waals surface area contributed by atoms with Crippen LogP contribution in [0, 0.1) is 0 Å². The highest BCUT2D eigenvalue weighted by molar-refractivity contribution is 6.04. The van der Waals surface area contributed by atoms with Crippen LogP contribution in [0.3, 0.4) is 0 Å². The normalized spacial score (nSPS) is 11.0. The fourth-order valence-corrected chi connectivity index (χ4v) is 4.04. The zero-order valence-corrected chi connectivity index (χ0v) is 18.9. The van der Waals surface area contributed by atoms with E-state index in [9.17, 15) is 9.59 Å². The fourth-order valence-electron chi connectivity index (χ4n) is 4.04. The molecular formula is C28H20N6O2. The van der Waals surface area contributed by atoms with Crippen molar-refractivity contribution in [1.29, 1.82) is 0 Å². The number of anilines is 2. The monoisotopic (exact) mass is 472 g/mol. The number of hydrogen-bond acceptors (Lipinski definition) is 4. The molecule has 6 rings (SSSR count). The first-order valence-electron chi connectivity index (χ1n) is 11.4. The van der Waals surface area contributed by atoms with Crippen LogP contribution in [0.5, 0.6) is 0 Å². The van der Waals surface area contributed by atoms with Gasteiger partial charge in [0.25, 0.3) is 11.8 Å². The predicted molar refractivity (Wildman–Crippen MR) is 140 cm³/mol. The molecule has 4 N–H and O–H groups in total. The summed E-state index contributed by atoms with van der Waals surface area (Å²) in [5, 5.41) is 5.62. The SMILES string of the molecule is O=C(Nc1nc2ccc(-c3ccc4nc(NC(=O)c5ccccc5)[nH]c4c3)cc2[nH]1)c1ccccc1. The molecule has 0 aliphatic heterocycles. The Morgan fingerprint density at radius 2 is 0.972 bits per heavy atom. The highest BCUT2D eigenvalue weighted by Gasteiger charge is 2.12. The number of fused-ring (bicyclic) bond motifs is 2. The predicted octanol–water partition coefficient (Wildman–Crippen LogP) is 5.61. The van der Waals surface area contributed by atoms with E-state index in [1.165, 1.54) is 0 Å². The van der Waals surface area contributed by atoms with Gasteiger partial charge in [-0.2, -0.15) is 0 Å². The van der Waals surface area contributed by atoms with Crippen molar-refractivity contribution in [2.24, 2.45) is 0 Å².